The van der Waals surface area contributed by atoms with Crippen molar-refractivity contribution in [2.75, 3.05) is 0 Å². The van der Waals surface area contributed by atoms with E-state index in [0.717, 1.165) is 31.2 Å². The predicted molar refractivity (Wildman–Crippen MR) is 114 cm³/mol. The molecule has 1 nitrogen and oxygen atoms in total. The van der Waals surface area contributed by atoms with Crippen LogP contribution in [-0.2, 0) is 19.0 Å². The molecule has 4 heteroatoms. The molecule has 0 saturated heterocycles. The van der Waals surface area contributed by atoms with E-state index in [1.54, 1.807) is 18.2 Å². The summed E-state index contributed by atoms with van der Waals surface area (Å²) in [6.45, 7) is 4.12. The van der Waals surface area contributed by atoms with Crippen LogP contribution < -0.4 is 4.74 Å². The highest BCUT2D eigenvalue weighted by Crippen LogP contribution is 2.49. The van der Waals surface area contributed by atoms with Crippen molar-refractivity contribution in [1.82, 2.24) is 0 Å². The Balaban J connectivity index is 1.76. The zero-order valence-electron chi connectivity index (χ0n) is 17.3. The molecule has 1 heterocycles. The summed E-state index contributed by atoms with van der Waals surface area (Å²) in [5.74, 6) is -1.03. The molecule has 0 amide bonds. The molecule has 3 aromatic rings. The molecule has 0 bridgehead atoms. The first-order valence-corrected chi connectivity index (χ1v) is 10.6. The third kappa shape index (κ3) is 3.71. The number of hydrogen-bond donors (Lipinski definition) is 0. The summed E-state index contributed by atoms with van der Waals surface area (Å²) in [6.07, 6.45) is 0.646. The van der Waals surface area contributed by atoms with Crippen LogP contribution in [0.5, 0.6) is 5.75 Å². The largest absolute Gasteiger partial charge is 0.427 e. The van der Waals surface area contributed by atoms with Crippen molar-refractivity contribution in [3.63, 3.8) is 0 Å². The molecule has 0 aliphatic carbocycles. The number of halogens is 3. The van der Waals surface area contributed by atoms with E-state index in [1.165, 1.54) is 11.6 Å². The summed E-state index contributed by atoms with van der Waals surface area (Å²) in [7, 11) is 0. The second kappa shape index (κ2) is 8.17. The summed E-state index contributed by atoms with van der Waals surface area (Å²) < 4.78 is 49.7. The second-order valence-electron chi connectivity index (χ2n) is 7.85. The average molecular weight is 410 g/mol. The van der Waals surface area contributed by atoms with Gasteiger partial charge >= 0.3 is 6.11 Å². The Bertz CT molecular complexity index is 1050. The maximum Gasteiger partial charge on any atom is 0.427 e. The van der Waals surface area contributed by atoms with Crippen LogP contribution in [0, 0.1) is 5.82 Å². The van der Waals surface area contributed by atoms with Gasteiger partial charge in [-0.1, -0.05) is 75.2 Å². The van der Waals surface area contributed by atoms with Crippen LogP contribution in [0.3, 0.4) is 0 Å². The monoisotopic (exact) mass is 410 g/mol. The highest BCUT2D eigenvalue weighted by molar-refractivity contribution is 5.80. The van der Waals surface area contributed by atoms with Crippen molar-refractivity contribution in [2.45, 2.75) is 52.1 Å². The van der Waals surface area contributed by atoms with Gasteiger partial charge in [0.1, 0.15) is 0 Å². The molecule has 0 saturated carbocycles. The van der Waals surface area contributed by atoms with Crippen LogP contribution in [0.15, 0.2) is 54.6 Å². The van der Waals surface area contributed by atoms with E-state index in [4.69, 9.17) is 4.74 Å². The van der Waals surface area contributed by atoms with Gasteiger partial charge in [0.2, 0.25) is 0 Å². The van der Waals surface area contributed by atoms with Gasteiger partial charge in [-0.3, -0.25) is 0 Å². The fraction of sp³-hybridized carbons (Fsp3) is 0.308. The first-order chi connectivity index (χ1) is 14.4. The molecule has 1 aliphatic heterocycles. The lowest BCUT2D eigenvalue weighted by molar-refractivity contribution is -0.188. The van der Waals surface area contributed by atoms with Crippen molar-refractivity contribution in [1.29, 1.82) is 0 Å². The van der Waals surface area contributed by atoms with Crippen molar-refractivity contribution in [3.8, 4) is 28.0 Å². The Kier molecular flexibility index (Phi) is 5.59. The summed E-state index contributed by atoms with van der Waals surface area (Å²) in [4.78, 5) is 0. The molecule has 0 aromatic heterocycles. The Morgan fingerprint density at radius 2 is 1.50 bits per heavy atom. The molecule has 3 aromatic carbocycles. The standard InChI is InChI=1S/C26H25F3O/c1-3-5-7-19-12-15-22-21-14-13-20(18-10-8-17(6-4-2)9-11-18)16-23(21)26(28,29)30-25(22)24(19)27/h8-16H,3-7H2,1-2H3. The minimum absolute atomic E-state index is 0.231. The van der Waals surface area contributed by atoms with Gasteiger partial charge in [0.05, 0.1) is 5.56 Å². The number of ether oxygens (including phenoxy) is 1. The van der Waals surface area contributed by atoms with Gasteiger partial charge in [-0.15, -0.1) is 0 Å². The van der Waals surface area contributed by atoms with E-state index in [0.29, 0.717) is 28.7 Å². The van der Waals surface area contributed by atoms with Crippen LogP contribution in [0.1, 0.15) is 49.8 Å². The summed E-state index contributed by atoms with van der Waals surface area (Å²) in [5.41, 5.74) is 3.64. The van der Waals surface area contributed by atoms with E-state index in [1.807, 2.05) is 37.3 Å². The molecule has 0 atom stereocenters. The SMILES string of the molecule is CCCCc1ccc2c(c1F)OC(F)(F)c1cc(-c3ccc(CCC)cc3)ccc1-2. The zero-order valence-corrected chi connectivity index (χ0v) is 17.3. The van der Waals surface area contributed by atoms with Gasteiger partial charge in [0, 0.05) is 5.56 Å². The lowest BCUT2D eigenvalue weighted by atomic mass is 9.90. The molecular weight excluding hydrogens is 385 g/mol. The topological polar surface area (TPSA) is 9.23 Å². The minimum atomic E-state index is -3.59. The van der Waals surface area contributed by atoms with E-state index in [-0.39, 0.29) is 11.3 Å². The van der Waals surface area contributed by atoms with Crippen molar-refractivity contribution < 1.29 is 17.9 Å². The molecule has 0 spiro atoms. The number of unbranched alkanes of at least 4 members (excludes halogenated alkanes) is 1. The van der Waals surface area contributed by atoms with E-state index in [2.05, 4.69) is 6.92 Å². The average Bonchev–Trinajstić information content (AvgIpc) is 2.74. The maximum absolute atomic E-state index is 14.9. The number of aryl methyl sites for hydroxylation is 2. The van der Waals surface area contributed by atoms with Gasteiger partial charge in [-0.25, -0.2) is 4.39 Å². The molecule has 0 unspecified atom stereocenters. The smallest absolute Gasteiger partial charge is 0.425 e. The minimum Gasteiger partial charge on any atom is -0.425 e. The molecule has 4 rings (SSSR count). The van der Waals surface area contributed by atoms with Crippen LogP contribution >= 0.6 is 0 Å². The van der Waals surface area contributed by atoms with Gasteiger partial charge in [0.15, 0.2) is 11.6 Å². The molecule has 30 heavy (non-hydrogen) atoms. The quantitative estimate of drug-likeness (QED) is 0.401. The normalized spacial score (nSPS) is 14.0. The number of benzene rings is 3. The molecule has 1 aliphatic rings. The third-order valence-electron chi connectivity index (χ3n) is 5.66. The predicted octanol–water partition coefficient (Wildman–Crippen LogP) is 7.90. The van der Waals surface area contributed by atoms with E-state index in [9.17, 15) is 13.2 Å². The van der Waals surface area contributed by atoms with Crippen molar-refractivity contribution >= 4 is 0 Å². The van der Waals surface area contributed by atoms with E-state index < -0.39 is 11.9 Å². The Labute approximate surface area is 175 Å². The lowest BCUT2D eigenvalue weighted by Crippen LogP contribution is -2.27. The molecule has 156 valence electrons. The first kappa shape index (κ1) is 20.5. The molecular formula is C26H25F3O. The molecule has 0 fully saturated rings. The van der Waals surface area contributed by atoms with Crippen molar-refractivity contribution in [2.24, 2.45) is 0 Å². The lowest BCUT2D eigenvalue weighted by Gasteiger charge is -2.29. The second-order valence-corrected chi connectivity index (χ2v) is 7.85. The van der Waals surface area contributed by atoms with Crippen molar-refractivity contribution in [3.05, 3.63) is 77.1 Å². The number of rotatable bonds is 6. The van der Waals surface area contributed by atoms with Gasteiger partial charge in [-0.2, -0.15) is 8.78 Å². The fourth-order valence-corrected chi connectivity index (χ4v) is 4.00. The van der Waals surface area contributed by atoms with Gasteiger partial charge in [-0.05, 0) is 53.1 Å². The van der Waals surface area contributed by atoms with E-state index >= 15 is 0 Å². The summed E-state index contributed by atoms with van der Waals surface area (Å²) in [6, 6.07) is 16.2. The van der Waals surface area contributed by atoms with Crippen LogP contribution in [0.2, 0.25) is 0 Å². The zero-order chi connectivity index (χ0) is 21.3. The van der Waals surface area contributed by atoms with Gasteiger partial charge in [0.25, 0.3) is 0 Å². The highest BCUT2D eigenvalue weighted by atomic mass is 19.3. The van der Waals surface area contributed by atoms with Crippen LogP contribution in [0.25, 0.3) is 22.3 Å². The third-order valence-corrected chi connectivity index (χ3v) is 5.66. The maximum atomic E-state index is 14.9. The fourth-order valence-electron chi connectivity index (χ4n) is 4.00. The van der Waals surface area contributed by atoms with Gasteiger partial charge < -0.3 is 4.74 Å². The highest BCUT2D eigenvalue weighted by Gasteiger charge is 2.43. The molecule has 0 N–H and O–H groups in total. The summed E-state index contributed by atoms with van der Waals surface area (Å²) >= 11 is 0. The Morgan fingerprint density at radius 1 is 0.800 bits per heavy atom. The summed E-state index contributed by atoms with van der Waals surface area (Å²) in [5, 5.41) is 0. The van der Waals surface area contributed by atoms with Crippen LogP contribution in [0.4, 0.5) is 13.2 Å². The number of alkyl halides is 2. The number of fused-ring (bicyclic) bond motifs is 3. The Morgan fingerprint density at radius 3 is 2.20 bits per heavy atom. The first-order valence-electron chi connectivity index (χ1n) is 10.6. The Hall–Kier alpha value is -2.75. The number of hydrogen-bond acceptors (Lipinski definition) is 1. The van der Waals surface area contributed by atoms with Crippen LogP contribution in [-0.4, -0.2) is 0 Å². The molecule has 0 radical (unpaired) electrons.